The van der Waals surface area contributed by atoms with Crippen LogP contribution in [0.2, 0.25) is 0 Å². The fourth-order valence-electron chi connectivity index (χ4n) is 1.89. The van der Waals surface area contributed by atoms with Gasteiger partial charge >= 0.3 is 6.18 Å². The van der Waals surface area contributed by atoms with Crippen molar-refractivity contribution in [1.29, 1.82) is 0 Å². The summed E-state index contributed by atoms with van der Waals surface area (Å²) in [6.45, 7) is 1.89. The summed E-state index contributed by atoms with van der Waals surface area (Å²) in [5.74, 6) is 0. The summed E-state index contributed by atoms with van der Waals surface area (Å²) in [5, 5.41) is 18.5. The number of hydrogen-bond acceptors (Lipinski definition) is 3. The molecule has 1 saturated heterocycles. The SMILES string of the molecule is CCCC1(O)CN(CC(O)C(F)(F)F)C1. The first-order valence-electron chi connectivity index (χ1n) is 4.96. The molecule has 0 aromatic rings. The average molecular weight is 227 g/mol. The second-order valence-electron chi connectivity index (χ2n) is 4.20. The van der Waals surface area contributed by atoms with Crippen molar-refractivity contribution in [3.63, 3.8) is 0 Å². The first-order chi connectivity index (χ1) is 6.77. The molecular formula is C9H16F3NO2. The van der Waals surface area contributed by atoms with Gasteiger partial charge in [0.15, 0.2) is 6.10 Å². The number of aliphatic hydroxyl groups is 2. The highest BCUT2D eigenvalue weighted by atomic mass is 19.4. The van der Waals surface area contributed by atoms with Crippen molar-refractivity contribution in [1.82, 2.24) is 4.90 Å². The van der Waals surface area contributed by atoms with Crippen LogP contribution in [-0.4, -0.2) is 52.6 Å². The Morgan fingerprint density at radius 1 is 1.40 bits per heavy atom. The predicted molar refractivity (Wildman–Crippen MR) is 48.4 cm³/mol. The zero-order valence-electron chi connectivity index (χ0n) is 8.59. The molecule has 1 atom stereocenters. The molecule has 6 heteroatoms. The Morgan fingerprint density at radius 3 is 2.33 bits per heavy atom. The highest BCUT2D eigenvalue weighted by Gasteiger charge is 2.45. The number of rotatable bonds is 4. The molecule has 0 saturated carbocycles. The van der Waals surface area contributed by atoms with Gasteiger partial charge in [0.1, 0.15) is 0 Å². The van der Waals surface area contributed by atoms with E-state index >= 15 is 0 Å². The van der Waals surface area contributed by atoms with Crippen molar-refractivity contribution in [3.05, 3.63) is 0 Å². The third kappa shape index (κ3) is 3.32. The molecule has 3 nitrogen and oxygen atoms in total. The van der Waals surface area contributed by atoms with Crippen LogP contribution < -0.4 is 0 Å². The lowest BCUT2D eigenvalue weighted by Crippen LogP contribution is -2.63. The predicted octanol–water partition coefficient (Wildman–Crippen LogP) is 0.756. The molecule has 15 heavy (non-hydrogen) atoms. The maximum absolute atomic E-state index is 12.0. The van der Waals surface area contributed by atoms with Crippen molar-refractivity contribution >= 4 is 0 Å². The normalized spacial score (nSPS) is 23.6. The minimum absolute atomic E-state index is 0.216. The Bertz CT molecular complexity index is 214. The van der Waals surface area contributed by atoms with Crippen molar-refractivity contribution in [3.8, 4) is 0 Å². The summed E-state index contributed by atoms with van der Waals surface area (Å²) in [6, 6.07) is 0. The van der Waals surface area contributed by atoms with E-state index in [1.54, 1.807) is 0 Å². The zero-order chi connectivity index (χ0) is 11.7. The number of halogens is 3. The van der Waals surface area contributed by atoms with E-state index in [9.17, 15) is 18.3 Å². The molecule has 0 aromatic carbocycles. The molecule has 1 rings (SSSR count). The molecule has 2 N–H and O–H groups in total. The van der Waals surface area contributed by atoms with Gasteiger partial charge in [-0.25, -0.2) is 0 Å². The highest BCUT2D eigenvalue weighted by Crippen LogP contribution is 2.28. The summed E-state index contributed by atoms with van der Waals surface area (Å²) >= 11 is 0. The topological polar surface area (TPSA) is 43.7 Å². The van der Waals surface area contributed by atoms with Crippen LogP contribution >= 0.6 is 0 Å². The van der Waals surface area contributed by atoms with Crippen LogP contribution in [0, 0.1) is 0 Å². The van der Waals surface area contributed by atoms with Crippen LogP contribution in [0.25, 0.3) is 0 Å². The standard InChI is InChI=1S/C9H16F3NO2/c1-2-3-8(15)5-13(6-8)4-7(14)9(10,11)12/h7,14-15H,2-6H2,1H3. The molecule has 0 radical (unpaired) electrons. The van der Waals surface area contributed by atoms with Gasteiger partial charge in [0.25, 0.3) is 0 Å². The molecule has 1 aliphatic heterocycles. The lowest BCUT2D eigenvalue weighted by molar-refractivity contribution is -0.219. The molecule has 1 unspecified atom stereocenters. The van der Waals surface area contributed by atoms with E-state index in [1.807, 2.05) is 6.92 Å². The van der Waals surface area contributed by atoms with Crippen LogP contribution in [0.5, 0.6) is 0 Å². The highest BCUT2D eigenvalue weighted by molar-refractivity contribution is 4.96. The summed E-state index contributed by atoms with van der Waals surface area (Å²) in [4.78, 5) is 1.41. The Hall–Kier alpha value is -0.330. The fourth-order valence-corrected chi connectivity index (χ4v) is 1.89. The monoisotopic (exact) mass is 227 g/mol. The fraction of sp³-hybridized carbons (Fsp3) is 1.00. The summed E-state index contributed by atoms with van der Waals surface area (Å²) in [7, 11) is 0. The molecule has 1 fully saturated rings. The second kappa shape index (κ2) is 4.27. The Morgan fingerprint density at radius 2 is 1.93 bits per heavy atom. The third-order valence-electron chi connectivity index (χ3n) is 2.56. The van der Waals surface area contributed by atoms with E-state index < -0.39 is 24.4 Å². The van der Waals surface area contributed by atoms with Crippen molar-refractivity contribution in [2.45, 2.75) is 37.6 Å². The molecule has 0 aliphatic carbocycles. The quantitative estimate of drug-likeness (QED) is 0.745. The van der Waals surface area contributed by atoms with Crippen LogP contribution in [0.1, 0.15) is 19.8 Å². The maximum atomic E-state index is 12.0. The van der Waals surface area contributed by atoms with Crippen molar-refractivity contribution < 1.29 is 23.4 Å². The number of aliphatic hydroxyl groups excluding tert-OH is 1. The molecule has 0 bridgehead atoms. The Balaban J connectivity index is 2.28. The largest absolute Gasteiger partial charge is 0.415 e. The number of alkyl halides is 3. The molecule has 0 spiro atoms. The summed E-state index contributed by atoms with van der Waals surface area (Å²) in [6.07, 6.45) is -5.50. The van der Waals surface area contributed by atoms with Gasteiger partial charge in [0.2, 0.25) is 0 Å². The van der Waals surface area contributed by atoms with Gasteiger partial charge in [-0.15, -0.1) is 0 Å². The molecule has 90 valence electrons. The van der Waals surface area contributed by atoms with E-state index in [-0.39, 0.29) is 13.1 Å². The first-order valence-corrected chi connectivity index (χ1v) is 4.96. The van der Waals surface area contributed by atoms with Crippen LogP contribution in [0.15, 0.2) is 0 Å². The van der Waals surface area contributed by atoms with Crippen molar-refractivity contribution in [2.75, 3.05) is 19.6 Å². The number of likely N-dealkylation sites (tertiary alicyclic amines) is 1. The van der Waals surface area contributed by atoms with Crippen molar-refractivity contribution in [2.24, 2.45) is 0 Å². The number of hydrogen-bond donors (Lipinski definition) is 2. The molecule has 0 amide bonds. The minimum Gasteiger partial charge on any atom is -0.387 e. The van der Waals surface area contributed by atoms with E-state index in [0.29, 0.717) is 6.42 Å². The Labute approximate surface area is 86.5 Å². The van der Waals surface area contributed by atoms with Gasteiger partial charge in [-0.05, 0) is 6.42 Å². The molecule has 1 heterocycles. The zero-order valence-corrected chi connectivity index (χ0v) is 8.59. The Kier molecular flexibility index (Phi) is 3.63. The van der Waals surface area contributed by atoms with Gasteiger partial charge in [-0.3, -0.25) is 4.90 Å². The van der Waals surface area contributed by atoms with Crippen LogP contribution in [0.4, 0.5) is 13.2 Å². The molecule has 0 aromatic heterocycles. The van der Waals surface area contributed by atoms with Gasteiger partial charge in [0, 0.05) is 19.6 Å². The van der Waals surface area contributed by atoms with E-state index in [0.717, 1.165) is 6.42 Å². The average Bonchev–Trinajstić information content (AvgIpc) is 1.99. The van der Waals surface area contributed by atoms with Crippen LogP contribution in [0.3, 0.4) is 0 Å². The van der Waals surface area contributed by atoms with E-state index in [2.05, 4.69) is 0 Å². The van der Waals surface area contributed by atoms with Gasteiger partial charge in [-0.2, -0.15) is 13.2 Å². The maximum Gasteiger partial charge on any atom is 0.415 e. The second-order valence-corrected chi connectivity index (χ2v) is 4.20. The van der Waals surface area contributed by atoms with E-state index in [1.165, 1.54) is 4.90 Å². The van der Waals surface area contributed by atoms with E-state index in [4.69, 9.17) is 5.11 Å². The molecule has 1 aliphatic rings. The van der Waals surface area contributed by atoms with Gasteiger partial charge in [-0.1, -0.05) is 13.3 Å². The minimum atomic E-state index is -4.57. The number of β-amino-alcohol motifs (C(OH)–C–C–N with tert-alkyl or cyclic N) is 2. The summed E-state index contributed by atoms with van der Waals surface area (Å²) < 4.78 is 35.9. The van der Waals surface area contributed by atoms with Gasteiger partial charge in [0.05, 0.1) is 5.60 Å². The molecular weight excluding hydrogens is 211 g/mol. The third-order valence-corrected chi connectivity index (χ3v) is 2.56. The number of nitrogens with zero attached hydrogens (tertiary/aromatic N) is 1. The summed E-state index contributed by atoms with van der Waals surface area (Å²) in [5.41, 5.74) is -0.847. The van der Waals surface area contributed by atoms with Crippen LogP contribution in [-0.2, 0) is 0 Å². The smallest absolute Gasteiger partial charge is 0.387 e. The lowest BCUT2D eigenvalue weighted by Gasteiger charge is -2.47. The first kappa shape index (κ1) is 12.7. The van der Waals surface area contributed by atoms with Gasteiger partial charge < -0.3 is 10.2 Å². The lowest BCUT2D eigenvalue weighted by atomic mass is 9.89.